The highest BCUT2D eigenvalue weighted by Gasteiger charge is 2.11. The zero-order valence-corrected chi connectivity index (χ0v) is 12.9. The number of rotatable bonds is 4. The summed E-state index contributed by atoms with van der Waals surface area (Å²) in [6, 6.07) is 9.79. The van der Waals surface area contributed by atoms with Crippen molar-refractivity contribution in [1.82, 2.24) is 9.78 Å². The van der Waals surface area contributed by atoms with Crippen molar-refractivity contribution in [3.63, 3.8) is 0 Å². The molecule has 4 nitrogen and oxygen atoms in total. The number of hydrogen-bond donors (Lipinski definition) is 1. The number of aryl methyl sites for hydroxylation is 1. The van der Waals surface area contributed by atoms with Gasteiger partial charge in [-0.05, 0) is 36.9 Å². The van der Waals surface area contributed by atoms with Gasteiger partial charge < -0.3 is 10.5 Å². The Bertz CT molecular complexity index is 760. The highest BCUT2D eigenvalue weighted by Crippen LogP contribution is 2.28. The Balaban J connectivity index is 2.01. The monoisotopic (exact) mass is 299 g/mol. The molecule has 0 bridgehead atoms. The van der Waals surface area contributed by atoms with Crippen molar-refractivity contribution in [2.45, 2.75) is 13.8 Å². The summed E-state index contributed by atoms with van der Waals surface area (Å²) in [5, 5.41) is 8.77. The van der Waals surface area contributed by atoms with Crippen LogP contribution < -0.4 is 10.5 Å². The molecule has 1 aromatic carbocycles. The number of nitrogens with zero attached hydrogens (tertiary/aromatic N) is 2. The van der Waals surface area contributed by atoms with Gasteiger partial charge in [-0.3, -0.25) is 0 Å². The molecule has 0 saturated carbocycles. The van der Waals surface area contributed by atoms with E-state index in [1.807, 2.05) is 37.3 Å². The van der Waals surface area contributed by atoms with Crippen LogP contribution in [0, 0.1) is 6.92 Å². The molecule has 0 radical (unpaired) electrons. The molecular weight excluding hydrogens is 282 g/mol. The van der Waals surface area contributed by atoms with Crippen LogP contribution >= 0.6 is 11.3 Å². The summed E-state index contributed by atoms with van der Waals surface area (Å²) in [4.78, 5) is 0. The van der Waals surface area contributed by atoms with Crippen LogP contribution in [0.2, 0.25) is 0 Å². The number of nitrogen functional groups attached to an aromatic ring is 1. The van der Waals surface area contributed by atoms with Crippen LogP contribution in [0.25, 0.3) is 16.9 Å². The van der Waals surface area contributed by atoms with Crippen molar-refractivity contribution in [2.75, 3.05) is 12.3 Å². The maximum atomic E-state index is 6.11. The van der Waals surface area contributed by atoms with E-state index in [0.29, 0.717) is 12.4 Å². The molecule has 0 aliphatic heterocycles. The predicted molar refractivity (Wildman–Crippen MR) is 87.2 cm³/mol. The van der Waals surface area contributed by atoms with Crippen molar-refractivity contribution in [2.24, 2.45) is 0 Å². The number of benzene rings is 1. The Labute approximate surface area is 127 Å². The van der Waals surface area contributed by atoms with Crippen molar-refractivity contribution >= 4 is 17.2 Å². The molecule has 0 atom stereocenters. The summed E-state index contributed by atoms with van der Waals surface area (Å²) >= 11 is 1.65. The largest absolute Gasteiger partial charge is 0.494 e. The minimum atomic E-state index is 0.633. The average molecular weight is 299 g/mol. The molecular formula is C16H17N3OS. The predicted octanol–water partition coefficient (Wildman–Crippen LogP) is 3.89. The van der Waals surface area contributed by atoms with E-state index in [-0.39, 0.29) is 0 Å². The lowest BCUT2D eigenvalue weighted by Crippen LogP contribution is -2.01. The zero-order chi connectivity index (χ0) is 14.8. The van der Waals surface area contributed by atoms with Crippen LogP contribution in [0.4, 0.5) is 5.82 Å². The molecule has 3 aromatic rings. The summed E-state index contributed by atoms with van der Waals surface area (Å²) in [6.07, 6.45) is 0. The maximum absolute atomic E-state index is 6.11. The third kappa shape index (κ3) is 2.64. The molecule has 3 rings (SSSR count). The number of aromatic nitrogens is 2. The number of nitrogens with two attached hydrogens (primary N) is 1. The molecule has 0 unspecified atom stereocenters. The molecule has 108 valence electrons. The minimum absolute atomic E-state index is 0.633. The molecule has 5 heteroatoms. The van der Waals surface area contributed by atoms with Gasteiger partial charge in [-0.1, -0.05) is 12.1 Å². The van der Waals surface area contributed by atoms with Gasteiger partial charge in [-0.2, -0.15) is 5.10 Å². The highest BCUT2D eigenvalue weighted by atomic mass is 32.1. The first-order chi connectivity index (χ1) is 10.2. The molecule has 0 saturated heterocycles. The van der Waals surface area contributed by atoms with Crippen molar-refractivity contribution in [1.29, 1.82) is 0 Å². The molecule has 0 aliphatic carbocycles. The fraction of sp³-hybridized carbons (Fsp3) is 0.188. The van der Waals surface area contributed by atoms with E-state index in [4.69, 9.17) is 10.5 Å². The van der Waals surface area contributed by atoms with E-state index in [9.17, 15) is 0 Å². The normalized spacial score (nSPS) is 10.8. The van der Waals surface area contributed by atoms with E-state index in [1.165, 1.54) is 5.56 Å². The Kier molecular flexibility index (Phi) is 3.66. The topological polar surface area (TPSA) is 53.1 Å². The molecule has 0 aliphatic rings. The molecule has 2 heterocycles. The standard InChI is InChI=1S/C16H17N3OS/c1-3-20-13-6-4-5-12(7-13)14-8-16(17)19(18-14)15-10-21-9-11(15)2/h4-10H,3,17H2,1-2H3. The van der Waals surface area contributed by atoms with Gasteiger partial charge in [0.05, 0.1) is 18.0 Å². The molecule has 2 aromatic heterocycles. The quantitative estimate of drug-likeness (QED) is 0.795. The first kappa shape index (κ1) is 13.7. The lowest BCUT2D eigenvalue weighted by atomic mass is 10.1. The maximum Gasteiger partial charge on any atom is 0.127 e. The zero-order valence-electron chi connectivity index (χ0n) is 12.0. The molecule has 0 amide bonds. The van der Waals surface area contributed by atoms with Crippen LogP contribution in [-0.4, -0.2) is 16.4 Å². The molecule has 21 heavy (non-hydrogen) atoms. The number of ether oxygens (including phenoxy) is 1. The highest BCUT2D eigenvalue weighted by molar-refractivity contribution is 7.08. The van der Waals surface area contributed by atoms with Crippen LogP contribution in [-0.2, 0) is 0 Å². The fourth-order valence-electron chi connectivity index (χ4n) is 2.21. The Morgan fingerprint density at radius 2 is 2.14 bits per heavy atom. The van der Waals surface area contributed by atoms with Gasteiger partial charge in [0.25, 0.3) is 0 Å². The Morgan fingerprint density at radius 1 is 1.29 bits per heavy atom. The van der Waals surface area contributed by atoms with E-state index >= 15 is 0 Å². The van der Waals surface area contributed by atoms with Gasteiger partial charge in [0.2, 0.25) is 0 Å². The molecule has 0 spiro atoms. The Hall–Kier alpha value is -2.27. The fourth-order valence-corrected chi connectivity index (χ4v) is 3.02. The first-order valence-corrected chi connectivity index (χ1v) is 7.75. The summed E-state index contributed by atoms with van der Waals surface area (Å²) < 4.78 is 7.32. The van der Waals surface area contributed by atoms with E-state index in [2.05, 4.69) is 22.8 Å². The van der Waals surface area contributed by atoms with Gasteiger partial charge in [0.15, 0.2) is 0 Å². The van der Waals surface area contributed by atoms with Gasteiger partial charge in [0, 0.05) is 17.0 Å². The first-order valence-electron chi connectivity index (χ1n) is 6.81. The van der Waals surface area contributed by atoms with Crippen LogP contribution in [0.5, 0.6) is 5.75 Å². The number of anilines is 1. The average Bonchev–Trinajstić information content (AvgIpc) is 3.05. The second-order valence-corrected chi connectivity index (χ2v) is 5.51. The lowest BCUT2D eigenvalue weighted by Gasteiger charge is -2.04. The molecule has 0 fully saturated rings. The second-order valence-electron chi connectivity index (χ2n) is 4.77. The third-order valence-electron chi connectivity index (χ3n) is 3.23. The van der Waals surface area contributed by atoms with Gasteiger partial charge >= 0.3 is 0 Å². The van der Waals surface area contributed by atoms with Gasteiger partial charge in [0.1, 0.15) is 11.6 Å². The van der Waals surface area contributed by atoms with Crippen LogP contribution in [0.15, 0.2) is 41.1 Å². The second kappa shape index (κ2) is 5.61. The smallest absolute Gasteiger partial charge is 0.127 e. The SMILES string of the molecule is CCOc1cccc(-c2cc(N)n(-c3cscc3C)n2)c1. The van der Waals surface area contributed by atoms with E-state index < -0.39 is 0 Å². The Morgan fingerprint density at radius 3 is 2.86 bits per heavy atom. The summed E-state index contributed by atoms with van der Waals surface area (Å²) in [7, 11) is 0. The lowest BCUT2D eigenvalue weighted by molar-refractivity contribution is 0.340. The van der Waals surface area contributed by atoms with Crippen LogP contribution in [0.1, 0.15) is 12.5 Å². The third-order valence-corrected chi connectivity index (χ3v) is 4.08. The van der Waals surface area contributed by atoms with Crippen molar-refractivity contribution in [3.8, 4) is 22.7 Å². The number of thiophene rings is 1. The van der Waals surface area contributed by atoms with E-state index in [1.54, 1.807) is 16.0 Å². The number of hydrogen-bond acceptors (Lipinski definition) is 4. The van der Waals surface area contributed by atoms with Gasteiger partial charge in [-0.15, -0.1) is 11.3 Å². The van der Waals surface area contributed by atoms with Crippen molar-refractivity contribution < 1.29 is 4.74 Å². The summed E-state index contributed by atoms with van der Waals surface area (Å²) in [5.74, 6) is 1.48. The minimum Gasteiger partial charge on any atom is -0.494 e. The molecule has 2 N–H and O–H groups in total. The summed E-state index contributed by atoms with van der Waals surface area (Å²) in [5.41, 5.74) is 10.2. The van der Waals surface area contributed by atoms with E-state index in [0.717, 1.165) is 22.7 Å². The van der Waals surface area contributed by atoms with Crippen LogP contribution in [0.3, 0.4) is 0 Å². The van der Waals surface area contributed by atoms with Crippen molar-refractivity contribution in [3.05, 3.63) is 46.7 Å². The van der Waals surface area contributed by atoms with Gasteiger partial charge in [-0.25, -0.2) is 4.68 Å². The summed E-state index contributed by atoms with van der Waals surface area (Å²) in [6.45, 7) is 4.68.